The fraction of sp³-hybridized carbons (Fsp3) is 0.0222. The van der Waals surface area contributed by atoms with Gasteiger partial charge in [0.15, 0.2) is 5.84 Å². The lowest BCUT2D eigenvalue weighted by Gasteiger charge is -2.24. The van der Waals surface area contributed by atoms with Crippen molar-refractivity contribution in [3.05, 3.63) is 180 Å². The lowest BCUT2D eigenvalue weighted by Crippen LogP contribution is -2.33. The van der Waals surface area contributed by atoms with Crippen LogP contribution in [0.25, 0.3) is 66.1 Å². The molecule has 5 nitrogen and oxygen atoms in total. The van der Waals surface area contributed by atoms with Crippen molar-refractivity contribution < 1.29 is 8.83 Å². The van der Waals surface area contributed by atoms with E-state index in [4.69, 9.17) is 18.8 Å². The number of rotatable bonds is 5. The molecule has 0 radical (unpaired) electrons. The van der Waals surface area contributed by atoms with Crippen LogP contribution in [0.4, 0.5) is 0 Å². The zero-order chi connectivity index (χ0) is 33.0. The molecule has 0 spiro atoms. The number of hydrogen-bond acceptors (Lipinski definition) is 5. The first-order valence-corrected chi connectivity index (χ1v) is 16.8. The third-order valence-corrected chi connectivity index (χ3v) is 9.58. The topological polar surface area (TPSA) is 63.0 Å². The van der Waals surface area contributed by atoms with Gasteiger partial charge in [-0.3, -0.25) is 0 Å². The van der Waals surface area contributed by atoms with E-state index >= 15 is 0 Å². The summed E-state index contributed by atoms with van der Waals surface area (Å²) in [7, 11) is 0. The number of nitrogens with one attached hydrogen (secondary N) is 1. The molecule has 3 heterocycles. The molecular weight excluding hydrogens is 615 g/mol. The molecule has 1 N–H and O–H groups in total. The minimum absolute atomic E-state index is 0.402. The van der Waals surface area contributed by atoms with Gasteiger partial charge in [0.1, 0.15) is 34.3 Å². The van der Waals surface area contributed by atoms with E-state index < -0.39 is 6.17 Å². The van der Waals surface area contributed by atoms with Gasteiger partial charge in [0.25, 0.3) is 0 Å². The van der Waals surface area contributed by atoms with Crippen molar-refractivity contribution in [3.63, 3.8) is 0 Å². The standard InChI is InChI=1S/C45H29N3O2/c1-3-12-28(13-4-1)29-24-26-31(27-25-29)44-46-43(30-14-5-2-6-15-30)47-45(48-44)36-20-11-23-39-41(36)35-19-9-18-33(42(35)50-39)32-17-10-22-38-40(32)34-16-7-8-21-37(34)49-38/h1-27,45H,(H,46,47,48). The zero-order valence-electron chi connectivity index (χ0n) is 26.9. The Morgan fingerprint density at radius 2 is 1.04 bits per heavy atom. The van der Waals surface area contributed by atoms with Gasteiger partial charge in [0.05, 0.1) is 0 Å². The second kappa shape index (κ2) is 11.5. The van der Waals surface area contributed by atoms with Crippen molar-refractivity contribution in [1.82, 2.24) is 5.32 Å². The predicted molar refractivity (Wildman–Crippen MR) is 204 cm³/mol. The summed E-state index contributed by atoms with van der Waals surface area (Å²) >= 11 is 0. The van der Waals surface area contributed by atoms with Crippen LogP contribution in [0, 0.1) is 0 Å². The summed E-state index contributed by atoms with van der Waals surface area (Å²) in [6, 6.07) is 56.2. The molecule has 0 amide bonds. The van der Waals surface area contributed by atoms with Gasteiger partial charge in [-0.25, -0.2) is 9.98 Å². The largest absolute Gasteiger partial charge is 0.456 e. The summed E-state index contributed by atoms with van der Waals surface area (Å²) in [5.41, 5.74) is 10.8. The third-order valence-electron chi connectivity index (χ3n) is 9.58. The number of furan rings is 2. The van der Waals surface area contributed by atoms with E-state index in [0.29, 0.717) is 5.84 Å². The number of amidine groups is 2. The van der Waals surface area contributed by atoms with Gasteiger partial charge in [-0.2, -0.15) is 0 Å². The molecule has 0 saturated carbocycles. The Labute approximate surface area is 287 Å². The number of aliphatic imine (C=N–C) groups is 2. The summed E-state index contributed by atoms with van der Waals surface area (Å²) in [5.74, 6) is 1.45. The Kier molecular flexibility index (Phi) is 6.49. The zero-order valence-corrected chi connectivity index (χ0v) is 26.9. The van der Waals surface area contributed by atoms with E-state index in [1.165, 1.54) is 5.56 Å². The first-order chi connectivity index (χ1) is 24.8. The molecule has 0 saturated heterocycles. The number of hydrogen-bond donors (Lipinski definition) is 1. The quantitative estimate of drug-likeness (QED) is 0.203. The Bertz CT molecular complexity index is 2770. The smallest absolute Gasteiger partial charge is 0.159 e. The molecule has 1 atom stereocenters. The normalized spacial score (nSPS) is 14.6. The number of fused-ring (bicyclic) bond motifs is 6. The van der Waals surface area contributed by atoms with Crippen molar-refractivity contribution in [3.8, 4) is 22.3 Å². The van der Waals surface area contributed by atoms with E-state index in [0.717, 1.165) is 83.1 Å². The van der Waals surface area contributed by atoms with Gasteiger partial charge in [0, 0.05) is 43.8 Å². The van der Waals surface area contributed by atoms with Crippen molar-refractivity contribution in [2.75, 3.05) is 0 Å². The molecular formula is C45H29N3O2. The highest BCUT2D eigenvalue weighted by molar-refractivity contribution is 6.18. The van der Waals surface area contributed by atoms with Crippen LogP contribution >= 0.6 is 0 Å². The number of benzene rings is 7. The number of para-hydroxylation sites is 2. The highest BCUT2D eigenvalue weighted by Crippen LogP contribution is 2.43. The average Bonchev–Trinajstić information content (AvgIpc) is 3.77. The van der Waals surface area contributed by atoms with Crippen LogP contribution < -0.4 is 5.32 Å². The minimum Gasteiger partial charge on any atom is -0.456 e. The lowest BCUT2D eigenvalue weighted by molar-refractivity contribution is 0.663. The van der Waals surface area contributed by atoms with Gasteiger partial charge in [0.2, 0.25) is 0 Å². The molecule has 50 heavy (non-hydrogen) atoms. The average molecular weight is 644 g/mol. The molecule has 2 aromatic heterocycles. The molecule has 5 heteroatoms. The Hall–Kier alpha value is -6.72. The fourth-order valence-electron chi connectivity index (χ4n) is 7.24. The summed E-state index contributed by atoms with van der Waals surface area (Å²) in [4.78, 5) is 10.3. The van der Waals surface area contributed by atoms with Crippen molar-refractivity contribution in [1.29, 1.82) is 0 Å². The van der Waals surface area contributed by atoms with Crippen LogP contribution in [-0.2, 0) is 0 Å². The molecule has 9 aromatic rings. The molecule has 0 bridgehead atoms. The summed E-state index contributed by atoms with van der Waals surface area (Å²) in [6.45, 7) is 0. The van der Waals surface area contributed by atoms with Gasteiger partial charge in [-0.1, -0.05) is 146 Å². The van der Waals surface area contributed by atoms with E-state index in [1.807, 2.05) is 60.7 Å². The van der Waals surface area contributed by atoms with Crippen LogP contribution in [0.5, 0.6) is 0 Å². The van der Waals surface area contributed by atoms with E-state index in [1.54, 1.807) is 0 Å². The van der Waals surface area contributed by atoms with Gasteiger partial charge < -0.3 is 14.2 Å². The second-order valence-electron chi connectivity index (χ2n) is 12.6. The maximum absolute atomic E-state index is 6.75. The summed E-state index contributed by atoms with van der Waals surface area (Å²) in [6.07, 6.45) is -0.402. The van der Waals surface area contributed by atoms with E-state index in [2.05, 4.69) is 108 Å². The minimum atomic E-state index is -0.402. The van der Waals surface area contributed by atoms with Crippen molar-refractivity contribution in [2.24, 2.45) is 9.98 Å². The summed E-state index contributed by atoms with van der Waals surface area (Å²) < 4.78 is 13.0. The molecule has 236 valence electrons. The molecule has 1 aliphatic rings. The molecule has 0 aliphatic carbocycles. The van der Waals surface area contributed by atoms with Crippen LogP contribution in [0.15, 0.2) is 183 Å². The number of nitrogens with zero attached hydrogens (tertiary/aromatic N) is 2. The maximum Gasteiger partial charge on any atom is 0.159 e. The highest BCUT2D eigenvalue weighted by Gasteiger charge is 2.25. The molecule has 10 rings (SSSR count). The Morgan fingerprint density at radius 1 is 0.440 bits per heavy atom. The van der Waals surface area contributed by atoms with Gasteiger partial charge in [-0.15, -0.1) is 0 Å². The second-order valence-corrected chi connectivity index (χ2v) is 12.6. The van der Waals surface area contributed by atoms with Crippen LogP contribution in [0.3, 0.4) is 0 Å². The van der Waals surface area contributed by atoms with E-state index in [9.17, 15) is 0 Å². The van der Waals surface area contributed by atoms with Crippen LogP contribution in [-0.4, -0.2) is 11.7 Å². The Balaban J connectivity index is 1.12. The van der Waals surface area contributed by atoms with Gasteiger partial charge >= 0.3 is 0 Å². The van der Waals surface area contributed by atoms with Crippen LogP contribution in [0.2, 0.25) is 0 Å². The van der Waals surface area contributed by atoms with Gasteiger partial charge in [-0.05, 0) is 34.9 Å². The monoisotopic (exact) mass is 643 g/mol. The summed E-state index contributed by atoms with van der Waals surface area (Å²) in [5, 5.41) is 7.92. The van der Waals surface area contributed by atoms with Crippen molar-refractivity contribution >= 4 is 55.5 Å². The lowest BCUT2D eigenvalue weighted by atomic mass is 9.96. The third kappa shape index (κ3) is 4.63. The fourth-order valence-corrected chi connectivity index (χ4v) is 7.24. The molecule has 0 fully saturated rings. The highest BCUT2D eigenvalue weighted by atomic mass is 16.3. The Morgan fingerprint density at radius 3 is 1.86 bits per heavy atom. The van der Waals surface area contributed by atoms with Crippen LogP contribution in [0.1, 0.15) is 22.9 Å². The predicted octanol–water partition coefficient (Wildman–Crippen LogP) is 11.3. The maximum atomic E-state index is 6.75. The molecule has 1 unspecified atom stereocenters. The first-order valence-electron chi connectivity index (χ1n) is 16.8. The SMILES string of the molecule is c1ccc(C2=NC(c3cccc4oc5c(-c6cccc7oc8ccccc8c67)cccc5c34)NC(c3ccc(-c4ccccc4)cc3)=N2)cc1. The van der Waals surface area contributed by atoms with Crippen molar-refractivity contribution in [2.45, 2.75) is 6.17 Å². The first kappa shape index (κ1) is 28.3. The molecule has 7 aromatic carbocycles. The molecule has 1 aliphatic heterocycles. The van der Waals surface area contributed by atoms with E-state index in [-0.39, 0.29) is 0 Å².